The molecule has 0 radical (unpaired) electrons. The Balaban J connectivity index is 4.19. The van der Waals surface area contributed by atoms with Crippen LogP contribution in [0.1, 0.15) is 71.2 Å². The summed E-state index contributed by atoms with van der Waals surface area (Å²) < 4.78 is 81.1. The lowest BCUT2D eigenvalue weighted by molar-refractivity contribution is 0.120. The molecule has 1 aromatic rings. The van der Waals surface area contributed by atoms with Crippen molar-refractivity contribution in [3.8, 4) is 5.75 Å². The molecule has 0 spiro atoms. The molecule has 0 fully saturated rings. The molecule has 21 heavy (non-hydrogen) atoms. The molecule has 0 aliphatic rings. The van der Waals surface area contributed by atoms with Crippen molar-refractivity contribution < 1.29 is 26.6 Å². The van der Waals surface area contributed by atoms with E-state index in [4.69, 9.17) is 17.1 Å². The lowest BCUT2D eigenvalue weighted by Crippen LogP contribution is -2.21. The second-order valence-electron chi connectivity index (χ2n) is 5.72. The standard InChI is InChI=1S/C17H25BrO3/c1-8-17(5,6)12-9-11(16(2,3)4)10-13(18)14(12)21-15(19)20-7/h9-10H,8H2,1-7H3/i1D3,5D3,6D3. The van der Waals surface area contributed by atoms with Crippen LogP contribution < -0.4 is 4.74 Å². The smallest absolute Gasteiger partial charge is 0.437 e. The highest BCUT2D eigenvalue weighted by atomic mass is 79.9. The fourth-order valence-corrected chi connectivity index (χ4v) is 2.21. The average molecular weight is 366 g/mol. The highest BCUT2D eigenvalue weighted by molar-refractivity contribution is 9.10. The maximum absolute atomic E-state index is 11.8. The minimum atomic E-state index is -3.28. The number of rotatable bonds is 3. The third-order valence-electron chi connectivity index (χ3n) is 2.99. The molecule has 118 valence electrons. The topological polar surface area (TPSA) is 35.5 Å². The lowest BCUT2D eigenvalue weighted by atomic mass is 9.78. The molecule has 0 heterocycles. The van der Waals surface area contributed by atoms with E-state index in [1.54, 1.807) is 6.07 Å². The summed E-state index contributed by atoms with van der Waals surface area (Å²) in [7, 11) is 1.03. The van der Waals surface area contributed by atoms with Crippen molar-refractivity contribution in [3.63, 3.8) is 0 Å². The van der Waals surface area contributed by atoms with Crippen LogP contribution in [0.25, 0.3) is 0 Å². The maximum atomic E-state index is 11.8. The van der Waals surface area contributed by atoms with Crippen LogP contribution in [0.3, 0.4) is 0 Å². The Kier molecular flexibility index (Phi) is 2.60. The zero-order valence-electron chi connectivity index (χ0n) is 21.5. The molecule has 1 aromatic carbocycles. The first kappa shape index (κ1) is 8.56. The van der Waals surface area contributed by atoms with Crippen molar-refractivity contribution in [3.05, 3.63) is 27.7 Å². The normalized spacial score (nSPS) is 20.3. The number of carbonyl (C=O) groups excluding carboxylic acids is 1. The van der Waals surface area contributed by atoms with Crippen LogP contribution in [0.2, 0.25) is 0 Å². The van der Waals surface area contributed by atoms with Crippen LogP contribution in [-0.4, -0.2) is 13.3 Å². The fraction of sp³-hybridized carbons (Fsp3) is 0.588. The molecule has 0 bridgehead atoms. The van der Waals surface area contributed by atoms with Crippen LogP contribution in [0, 0.1) is 0 Å². The number of hydrogen-bond acceptors (Lipinski definition) is 3. The van der Waals surface area contributed by atoms with Crippen molar-refractivity contribution in [2.75, 3.05) is 7.11 Å². The number of ether oxygens (including phenoxy) is 2. The molecular weight excluding hydrogens is 332 g/mol. The Hall–Kier alpha value is -1.03. The third-order valence-corrected chi connectivity index (χ3v) is 3.58. The highest BCUT2D eigenvalue weighted by Gasteiger charge is 2.28. The summed E-state index contributed by atoms with van der Waals surface area (Å²) in [6.07, 6.45) is -2.40. The summed E-state index contributed by atoms with van der Waals surface area (Å²) in [5.41, 5.74) is -3.32. The molecule has 0 aliphatic heterocycles. The van der Waals surface area contributed by atoms with Gasteiger partial charge in [0.25, 0.3) is 0 Å². The minimum Gasteiger partial charge on any atom is -0.437 e. The lowest BCUT2D eigenvalue weighted by Gasteiger charge is -2.29. The molecule has 0 unspecified atom stereocenters. The summed E-state index contributed by atoms with van der Waals surface area (Å²) in [6.45, 7) is -4.02. The van der Waals surface area contributed by atoms with Gasteiger partial charge in [0.1, 0.15) is 0 Å². The Bertz CT molecular complexity index is 776. The third kappa shape index (κ3) is 4.22. The number of halogens is 1. The van der Waals surface area contributed by atoms with Gasteiger partial charge in [0.2, 0.25) is 0 Å². The number of hydrogen-bond donors (Lipinski definition) is 0. The van der Waals surface area contributed by atoms with E-state index in [0.717, 1.165) is 7.11 Å². The van der Waals surface area contributed by atoms with Gasteiger partial charge >= 0.3 is 6.16 Å². The molecule has 4 heteroatoms. The van der Waals surface area contributed by atoms with Crippen molar-refractivity contribution in [1.82, 2.24) is 0 Å². The van der Waals surface area contributed by atoms with E-state index in [0.29, 0.717) is 5.56 Å². The van der Waals surface area contributed by atoms with Gasteiger partial charge in [0, 0.05) is 17.9 Å². The Labute approximate surface area is 148 Å². The van der Waals surface area contributed by atoms with E-state index in [9.17, 15) is 4.79 Å². The zero-order valence-corrected chi connectivity index (χ0v) is 14.1. The van der Waals surface area contributed by atoms with Gasteiger partial charge in [-0.3, -0.25) is 0 Å². The van der Waals surface area contributed by atoms with Gasteiger partial charge in [-0.25, -0.2) is 4.79 Å². The Morgan fingerprint density at radius 2 is 2.00 bits per heavy atom. The number of benzene rings is 1. The molecular formula is C17H25BrO3. The van der Waals surface area contributed by atoms with E-state index in [1.807, 2.05) is 20.8 Å². The van der Waals surface area contributed by atoms with E-state index in [1.165, 1.54) is 6.07 Å². The highest BCUT2D eigenvalue weighted by Crippen LogP contribution is 2.42. The summed E-state index contributed by atoms with van der Waals surface area (Å²) in [6, 6.07) is 2.84. The summed E-state index contributed by atoms with van der Waals surface area (Å²) in [5.74, 6) is -0.411. The van der Waals surface area contributed by atoms with Crippen LogP contribution in [0.5, 0.6) is 5.75 Å². The first-order valence-electron chi connectivity index (χ1n) is 10.8. The SMILES string of the molecule is [2H]C([2H])([2H])CC(c1cc(C(C)(C)C)cc(Br)c1OC(=O)OC)(C([2H])([2H])[2H])C([2H])([2H])[2H]. The second-order valence-corrected chi connectivity index (χ2v) is 6.58. The first-order valence-corrected chi connectivity index (χ1v) is 7.07. The molecule has 0 aliphatic carbocycles. The quantitative estimate of drug-likeness (QED) is 0.517. The van der Waals surface area contributed by atoms with Gasteiger partial charge in [-0.1, -0.05) is 47.4 Å². The van der Waals surface area contributed by atoms with Crippen LogP contribution in [0.15, 0.2) is 16.6 Å². The number of methoxy groups -OCH3 is 1. The molecule has 0 N–H and O–H groups in total. The van der Waals surface area contributed by atoms with E-state index in [2.05, 4.69) is 20.7 Å². The molecule has 0 saturated heterocycles. The van der Waals surface area contributed by atoms with Crippen LogP contribution in [-0.2, 0) is 15.6 Å². The van der Waals surface area contributed by atoms with Gasteiger partial charge in [-0.05, 0) is 44.8 Å². The monoisotopic (exact) mass is 365 g/mol. The van der Waals surface area contributed by atoms with Gasteiger partial charge in [0.05, 0.1) is 11.6 Å². The molecule has 1 rings (SSSR count). The summed E-state index contributed by atoms with van der Waals surface area (Å²) >= 11 is 3.21. The molecule has 3 nitrogen and oxygen atoms in total. The number of carbonyl (C=O) groups is 1. The molecule has 0 saturated carbocycles. The Morgan fingerprint density at radius 1 is 1.33 bits per heavy atom. The van der Waals surface area contributed by atoms with Gasteiger partial charge < -0.3 is 9.47 Å². The van der Waals surface area contributed by atoms with Crippen LogP contribution >= 0.6 is 15.9 Å². The Morgan fingerprint density at radius 3 is 2.48 bits per heavy atom. The maximum Gasteiger partial charge on any atom is 0.513 e. The largest absolute Gasteiger partial charge is 0.513 e. The molecule has 0 aromatic heterocycles. The minimum absolute atomic E-state index is 0.0961. The summed E-state index contributed by atoms with van der Waals surface area (Å²) in [5, 5.41) is 0. The fourth-order valence-electron chi connectivity index (χ4n) is 1.67. The van der Waals surface area contributed by atoms with Crippen molar-refractivity contribution in [2.45, 2.75) is 58.6 Å². The molecule has 0 atom stereocenters. The summed E-state index contributed by atoms with van der Waals surface area (Å²) in [4.78, 5) is 11.8. The van der Waals surface area contributed by atoms with Gasteiger partial charge in [-0.15, -0.1) is 0 Å². The van der Waals surface area contributed by atoms with Crippen molar-refractivity contribution in [2.24, 2.45) is 0 Å². The van der Waals surface area contributed by atoms with Crippen molar-refractivity contribution in [1.29, 1.82) is 0 Å². The first-order chi connectivity index (χ1) is 13.2. The van der Waals surface area contributed by atoms with Crippen LogP contribution in [0.4, 0.5) is 4.79 Å². The van der Waals surface area contributed by atoms with E-state index < -0.39 is 55.3 Å². The van der Waals surface area contributed by atoms with Gasteiger partial charge in [-0.2, -0.15) is 0 Å². The average Bonchev–Trinajstić information content (AvgIpc) is 2.50. The predicted octanol–water partition coefficient (Wildman–Crippen LogP) is 5.58. The predicted molar refractivity (Wildman–Crippen MR) is 89.2 cm³/mol. The van der Waals surface area contributed by atoms with Gasteiger partial charge in [0.15, 0.2) is 5.75 Å². The van der Waals surface area contributed by atoms with E-state index >= 15 is 0 Å². The zero-order chi connectivity index (χ0) is 23.9. The molecule has 0 amide bonds. The van der Waals surface area contributed by atoms with Crippen molar-refractivity contribution >= 4 is 22.1 Å². The second kappa shape index (κ2) is 6.39. The van der Waals surface area contributed by atoms with E-state index in [-0.39, 0.29) is 4.47 Å².